The summed E-state index contributed by atoms with van der Waals surface area (Å²) in [6.45, 7) is 2.45. The van der Waals surface area contributed by atoms with E-state index in [-0.39, 0.29) is 0 Å². The molecule has 0 radical (unpaired) electrons. The third-order valence-corrected chi connectivity index (χ3v) is 4.36. The third-order valence-electron chi connectivity index (χ3n) is 3.53. The van der Waals surface area contributed by atoms with Crippen LogP contribution in [0.2, 0.25) is 0 Å². The number of hydrogen-bond donors (Lipinski definition) is 1. The molecule has 0 unspecified atom stereocenters. The van der Waals surface area contributed by atoms with Gasteiger partial charge in [-0.05, 0) is 25.1 Å². The number of nitrogens with two attached hydrogens (primary N) is 1. The van der Waals surface area contributed by atoms with Gasteiger partial charge in [-0.15, -0.1) is 11.3 Å². The average Bonchev–Trinajstić information content (AvgIpc) is 3.04. The highest BCUT2D eigenvalue weighted by Crippen LogP contribution is 2.35. The number of hydrogen-bond acceptors (Lipinski definition) is 5. The molecule has 2 aromatic heterocycles. The summed E-state index contributed by atoms with van der Waals surface area (Å²) in [5.41, 5.74) is 10.00. The molecule has 1 aromatic carbocycles. The Hall–Kier alpha value is -2.05. The van der Waals surface area contributed by atoms with E-state index in [9.17, 15) is 0 Å². The van der Waals surface area contributed by atoms with Gasteiger partial charge in [0.2, 0.25) is 0 Å². The van der Waals surface area contributed by atoms with Gasteiger partial charge in [-0.1, -0.05) is 0 Å². The number of fused-ring (bicyclic) bond motifs is 1. The summed E-state index contributed by atoms with van der Waals surface area (Å²) in [6.07, 6.45) is 0. The van der Waals surface area contributed by atoms with E-state index in [2.05, 4.69) is 14.8 Å². The summed E-state index contributed by atoms with van der Waals surface area (Å²) in [7, 11) is 3.27. The Morgan fingerprint density at radius 3 is 2.67 bits per heavy atom. The van der Waals surface area contributed by atoms with Gasteiger partial charge in [-0.3, -0.25) is 4.40 Å². The predicted octanol–water partition coefficient (Wildman–Crippen LogP) is 2.85. The molecule has 0 saturated carbocycles. The van der Waals surface area contributed by atoms with Gasteiger partial charge in [0.25, 0.3) is 0 Å². The molecule has 0 bridgehead atoms. The molecule has 3 aromatic rings. The summed E-state index contributed by atoms with van der Waals surface area (Å²) in [4.78, 5) is 5.51. The fraction of sp³-hybridized carbons (Fsp3) is 0.267. The van der Waals surface area contributed by atoms with Crippen LogP contribution < -0.4 is 15.2 Å². The Labute approximate surface area is 126 Å². The summed E-state index contributed by atoms with van der Waals surface area (Å²) in [5.74, 6) is 1.43. The van der Waals surface area contributed by atoms with E-state index in [0.29, 0.717) is 18.0 Å². The van der Waals surface area contributed by atoms with Crippen molar-refractivity contribution in [3.63, 3.8) is 0 Å². The standard InChI is InChI=1S/C15H17N3O2S/c1-9-11(7-16)18-12(8-21-15(18)17-9)10-4-5-13(19-2)14(6-10)20-3/h4-6,8H,7,16H2,1-3H3. The van der Waals surface area contributed by atoms with Gasteiger partial charge in [0.1, 0.15) is 0 Å². The van der Waals surface area contributed by atoms with E-state index in [1.165, 1.54) is 0 Å². The number of nitrogens with zero attached hydrogens (tertiary/aromatic N) is 2. The summed E-state index contributed by atoms with van der Waals surface area (Å²) in [6, 6.07) is 5.89. The second-order valence-corrected chi connectivity index (χ2v) is 5.49. The Balaban J connectivity index is 2.20. The number of rotatable bonds is 4. The molecule has 2 N–H and O–H groups in total. The van der Waals surface area contributed by atoms with E-state index in [1.807, 2.05) is 25.1 Å². The maximum absolute atomic E-state index is 5.87. The van der Waals surface area contributed by atoms with E-state index in [4.69, 9.17) is 15.2 Å². The van der Waals surface area contributed by atoms with Crippen molar-refractivity contribution in [1.29, 1.82) is 0 Å². The highest BCUT2D eigenvalue weighted by Gasteiger charge is 2.15. The first kappa shape index (κ1) is 13.9. The third kappa shape index (κ3) is 2.16. The minimum atomic E-state index is 0.462. The summed E-state index contributed by atoms with van der Waals surface area (Å²) in [5, 5.41) is 2.09. The molecule has 0 saturated heterocycles. The Morgan fingerprint density at radius 1 is 1.24 bits per heavy atom. The maximum atomic E-state index is 5.87. The Morgan fingerprint density at radius 2 is 2.00 bits per heavy atom. The van der Waals surface area contributed by atoms with Crippen LogP contribution >= 0.6 is 11.3 Å². The second kappa shape index (κ2) is 5.38. The number of aryl methyl sites for hydroxylation is 1. The van der Waals surface area contributed by atoms with Crippen LogP contribution in [0.25, 0.3) is 16.2 Å². The summed E-state index contributed by atoms with van der Waals surface area (Å²) < 4.78 is 12.8. The second-order valence-electron chi connectivity index (χ2n) is 4.66. The average molecular weight is 303 g/mol. The zero-order valence-corrected chi connectivity index (χ0v) is 13.0. The quantitative estimate of drug-likeness (QED) is 0.805. The van der Waals surface area contributed by atoms with Crippen molar-refractivity contribution in [2.75, 3.05) is 14.2 Å². The number of methoxy groups -OCH3 is 2. The van der Waals surface area contributed by atoms with Crippen LogP contribution in [0.1, 0.15) is 11.4 Å². The van der Waals surface area contributed by atoms with Crippen LogP contribution in [0.4, 0.5) is 0 Å². The van der Waals surface area contributed by atoms with Crippen LogP contribution in [0, 0.1) is 6.92 Å². The lowest BCUT2D eigenvalue weighted by Gasteiger charge is -2.10. The first-order valence-electron chi connectivity index (χ1n) is 6.57. The normalized spacial score (nSPS) is 11.0. The van der Waals surface area contributed by atoms with Gasteiger partial charge in [0.15, 0.2) is 16.5 Å². The molecular formula is C15H17N3O2S. The fourth-order valence-corrected chi connectivity index (χ4v) is 3.42. The highest BCUT2D eigenvalue weighted by molar-refractivity contribution is 7.15. The maximum Gasteiger partial charge on any atom is 0.194 e. The minimum absolute atomic E-state index is 0.462. The molecule has 0 fully saturated rings. The topological polar surface area (TPSA) is 61.8 Å². The highest BCUT2D eigenvalue weighted by atomic mass is 32.1. The van der Waals surface area contributed by atoms with Gasteiger partial charge in [-0.25, -0.2) is 4.98 Å². The molecule has 0 amide bonds. The molecule has 6 heteroatoms. The van der Waals surface area contributed by atoms with Gasteiger partial charge >= 0.3 is 0 Å². The van der Waals surface area contributed by atoms with Gasteiger partial charge in [-0.2, -0.15) is 0 Å². The lowest BCUT2D eigenvalue weighted by Crippen LogP contribution is -2.03. The van der Waals surface area contributed by atoms with Crippen LogP contribution in [-0.2, 0) is 6.54 Å². The number of thiazole rings is 1. The van der Waals surface area contributed by atoms with Gasteiger partial charge in [0, 0.05) is 17.5 Å². The molecule has 2 heterocycles. The smallest absolute Gasteiger partial charge is 0.194 e. The zero-order chi connectivity index (χ0) is 15.0. The van der Waals surface area contributed by atoms with Crippen LogP contribution in [0.5, 0.6) is 11.5 Å². The largest absolute Gasteiger partial charge is 0.493 e. The van der Waals surface area contributed by atoms with E-state index >= 15 is 0 Å². The molecular weight excluding hydrogens is 286 g/mol. The van der Waals surface area contributed by atoms with Crippen molar-refractivity contribution in [1.82, 2.24) is 9.38 Å². The Kier molecular flexibility index (Phi) is 3.57. The van der Waals surface area contributed by atoms with Crippen molar-refractivity contribution >= 4 is 16.3 Å². The van der Waals surface area contributed by atoms with Gasteiger partial charge < -0.3 is 15.2 Å². The molecule has 0 aliphatic carbocycles. The fourth-order valence-electron chi connectivity index (χ4n) is 2.46. The number of ether oxygens (including phenoxy) is 2. The van der Waals surface area contributed by atoms with Crippen molar-refractivity contribution in [2.45, 2.75) is 13.5 Å². The SMILES string of the molecule is COc1ccc(-c2csc3nc(C)c(CN)n23)cc1OC. The van der Waals surface area contributed by atoms with Crippen LogP contribution in [0.15, 0.2) is 23.6 Å². The number of aromatic nitrogens is 2. The molecule has 0 aliphatic heterocycles. The van der Waals surface area contributed by atoms with E-state index in [1.54, 1.807) is 25.6 Å². The number of imidazole rings is 1. The zero-order valence-electron chi connectivity index (χ0n) is 12.2. The van der Waals surface area contributed by atoms with E-state index in [0.717, 1.165) is 27.6 Å². The number of benzene rings is 1. The van der Waals surface area contributed by atoms with Crippen molar-refractivity contribution in [3.8, 4) is 22.8 Å². The van der Waals surface area contributed by atoms with Gasteiger partial charge in [0.05, 0.1) is 31.3 Å². The van der Waals surface area contributed by atoms with Crippen LogP contribution in [0.3, 0.4) is 0 Å². The Bertz CT molecular complexity index is 792. The molecule has 3 rings (SSSR count). The molecule has 0 aliphatic rings. The first-order valence-corrected chi connectivity index (χ1v) is 7.45. The van der Waals surface area contributed by atoms with Crippen molar-refractivity contribution < 1.29 is 9.47 Å². The van der Waals surface area contributed by atoms with Crippen LogP contribution in [-0.4, -0.2) is 23.6 Å². The molecule has 110 valence electrons. The van der Waals surface area contributed by atoms with E-state index < -0.39 is 0 Å². The lowest BCUT2D eigenvalue weighted by molar-refractivity contribution is 0.355. The summed E-state index contributed by atoms with van der Waals surface area (Å²) >= 11 is 1.61. The minimum Gasteiger partial charge on any atom is -0.493 e. The molecule has 0 atom stereocenters. The first-order chi connectivity index (χ1) is 10.2. The monoisotopic (exact) mass is 303 g/mol. The lowest BCUT2D eigenvalue weighted by atomic mass is 10.1. The predicted molar refractivity (Wildman–Crippen MR) is 84.2 cm³/mol. The molecule has 0 spiro atoms. The molecule has 21 heavy (non-hydrogen) atoms. The van der Waals surface area contributed by atoms with Crippen molar-refractivity contribution in [2.24, 2.45) is 5.73 Å². The van der Waals surface area contributed by atoms with Crippen molar-refractivity contribution in [3.05, 3.63) is 35.0 Å². The molecule has 5 nitrogen and oxygen atoms in total.